The zero-order chi connectivity index (χ0) is 14.5. The predicted octanol–water partition coefficient (Wildman–Crippen LogP) is 4.85. The Labute approximate surface area is 123 Å². The first-order valence-corrected chi connectivity index (χ1v) is 6.66. The molecular weight excluding hydrogens is 262 g/mol. The van der Waals surface area contributed by atoms with Crippen molar-refractivity contribution in [2.24, 2.45) is 0 Å². The van der Waals surface area contributed by atoms with E-state index < -0.39 is 0 Å². The fourth-order valence-corrected chi connectivity index (χ4v) is 1.91. The summed E-state index contributed by atoms with van der Waals surface area (Å²) in [6.07, 6.45) is 0. The Kier molecular flexibility index (Phi) is 3.74. The molecule has 2 N–H and O–H groups in total. The molecule has 0 saturated heterocycles. The van der Waals surface area contributed by atoms with Crippen LogP contribution in [0.3, 0.4) is 0 Å². The van der Waals surface area contributed by atoms with Crippen LogP contribution in [0.15, 0.2) is 78.9 Å². The molecule has 0 radical (unpaired) electrons. The molecule has 3 heteroatoms. The minimum Gasteiger partial charge on any atom is -0.457 e. The first-order valence-electron chi connectivity index (χ1n) is 6.66. The SMILES string of the molecule is Nc1ccc(Oc2ccccc2)cc1Oc1ccccc1. The largest absolute Gasteiger partial charge is 0.457 e. The van der Waals surface area contributed by atoms with Gasteiger partial charge < -0.3 is 15.2 Å². The lowest BCUT2D eigenvalue weighted by Crippen LogP contribution is -1.93. The van der Waals surface area contributed by atoms with Crippen molar-refractivity contribution >= 4 is 5.69 Å². The molecule has 104 valence electrons. The molecule has 0 saturated carbocycles. The molecule has 3 aromatic rings. The molecule has 0 aliphatic heterocycles. The van der Waals surface area contributed by atoms with Gasteiger partial charge in [-0.25, -0.2) is 0 Å². The average molecular weight is 277 g/mol. The van der Waals surface area contributed by atoms with Crippen LogP contribution in [-0.2, 0) is 0 Å². The topological polar surface area (TPSA) is 44.5 Å². The van der Waals surface area contributed by atoms with Crippen molar-refractivity contribution in [1.29, 1.82) is 0 Å². The van der Waals surface area contributed by atoms with Crippen molar-refractivity contribution < 1.29 is 9.47 Å². The lowest BCUT2D eigenvalue weighted by Gasteiger charge is -2.11. The summed E-state index contributed by atoms with van der Waals surface area (Å²) < 4.78 is 11.6. The Hall–Kier alpha value is -2.94. The molecule has 0 aromatic heterocycles. The van der Waals surface area contributed by atoms with E-state index in [2.05, 4.69) is 0 Å². The molecule has 0 aliphatic rings. The van der Waals surface area contributed by atoms with E-state index in [1.165, 1.54) is 0 Å². The van der Waals surface area contributed by atoms with Gasteiger partial charge in [-0.05, 0) is 36.4 Å². The van der Waals surface area contributed by atoms with Gasteiger partial charge in [-0.2, -0.15) is 0 Å². The van der Waals surface area contributed by atoms with Gasteiger partial charge in [0.05, 0.1) is 5.69 Å². The van der Waals surface area contributed by atoms with Crippen LogP contribution in [-0.4, -0.2) is 0 Å². The zero-order valence-corrected chi connectivity index (χ0v) is 11.4. The fraction of sp³-hybridized carbons (Fsp3) is 0. The van der Waals surface area contributed by atoms with E-state index in [0.29, 0.717) is 17.2 Å². The summed E-state index contributed by atoms with van der Waals surface area (Å²) in [7, 11) is 0. The predicted molar refractivity (Wildman–Crippen MR) is 83.9 cm³/mol. The van der Waals surface area contributed by atoms with Gasteiger partial charge in [0.15, 0.2) is 5.75 Å². The Morgan fingerprint density at radius 3 is 1.76 bits per heavy atom. The van der Waals surface area contributed by atoms with Gasteiger partial charge in [-0.3, -0.25) is 0 Å². The van der Waals surface area contributed by atoms with E-state index in [0.717, 1.165) is 11.5 Å². The third kappa shape index (κ3) is 3.34. The van der Waals surface area contributed by atoms with E-state index in [-0.39, 0.29) is 0 Å². The van der Waals surface area contributed by atoms with Crippen molar-refractivity contribution in [1.82, 2.24) is 0 Å². The number of nitrogen functional groups attached to an aromatic ring is 1. The van der Waals surface area contributed by atoms with Crippen LogP contribution in [0.25, 0.3) is 0 Å². The Morgan fingerprint density at radius 1 is 0.571 bits per heavy atom. The van der Waals surface area contributed by atoms with E-state index in [9.17, 15) is 0 Å². The lowest BCUT2D eigenvalue weighted by atomic mass is 10.2. The molecule has 0 atom stereocenters. The molecule has 0 amide bonds. The third-order valence-electron chi connectivity index (χ3n) is 2.93. The number of rotatable bonds is 4. The molecule has 21 heavy (non-hydrogen) atoms. The summed E-state index contributed by atoms with van der Waals surface area (Å²) in [5, 5.41) is 0. The number of nitrogens with two attached hydrogens (primary N) is 1. The van der Waals surface area contributed by atoms with Gasteiger partial charge in [0.25, 0.3) is 0 Å². The van der Waals surface area contributed by atoms with Gasteiger partial charge in [0, 0.05) is 6.07 Å². The van der Waals surface area contributed by atoms with E-state index in [1.807, 2.05) is 66.7 Å². The van der Waals surface area contributed by atoms with Crippen molar-refractivity contribution in [2.75, 3.05) is 5.73 Å². The average Bonchev–Trinajstić information content (AvgIpc) is 2.53. The summed E-state index contributed by atoms with van der Waals surface area (Å²) >= 11 is 0. The van der Waals surface area contributed by atoms with E-state index in [1.54, 1.807) is 12.1 Å². The fourth-order valence-electron chi connectivity index (χ4n) is 1.91. The van der Waals surface area contributed by atoms with Crippen LogP contribution in [0.4, 0.5) is 5.69 Å². The maximum Gasteiger partial charge on any atom is 0.154 e. The molecule has 0 heterocycles. The zero-order valence-electron chi connectivity index (χ0n) is 11.4. The number of anilines is 1. The van der Waals surface area contributed by atoms with Gasteiger partial charge >= 0.3 is 0 Å². The standard InChI is InChI=1S/C18H15NO2/c19-17-12-11-16(20-14-7-3-1-4-8-14)13-18(17)21-15-9-5-2-6-10-15/h1-13H,19H2. The molecule has 0 aliphatic carbocycles. The monoisotopic (exact) mass is 277 g/mol. The highest BCUT2D eigenvalue weighted by atomic mass is 16.5. The highest BCUT2D eigenvalue weighted by Crippen LogP contribution is 2.32. The van der Waals surface area contributed by atoms with Gasteiger partial charge in [0.2, 0.25) is 0 Å². The summed E-state index contributed by atoms with van der Waals surface area (Å²) in [5.41, 5.74) is 6.52. The van der Waals surface area contributed by atoms with Crippen molar-refractivity contribution in [3.05, 3.63) is 78.9 Å². The van der Waals surface area contributed by atoms with Crippen LogP contribution < -0.4 is 15.2 Å². The molecule has 3 rings (SSSR count). The summed E-state index contributed by atoms with van der Waals surface area (Å²) in [4.78, 5) is 0. The highest BCUT2D eigenvalue weighted by Gasteiger charge is 2.05. The first kappa shape index (κ1) is 13.1. The molecule has 3 nitrogen and oxygen atoms in total. The Morgan fingerprint density at radius 2 is 1.14 bits per heavy atom. The van der Waals surface area contributed by atoms with Gasteiger partial charge in [-0.1, -0.05) is 36.4 Å². The minimum absolute atomic E-state index is 0.569. The number of hydrogen-bond acceptors (Lipinski definition) is 3. The quantitative estimate of drug-likeness (QED) is 0.693. The first-order chi connectivity index (χ1) is 10.3. The van der Waals surface area contributed by atoms with Crippen LogP contribution in [0.2, 0.25) is 0 Å². The van der Waals surface area contributed by atoms with Crippen molar-refractivity contribution in [3.8, 4) is 23.0 Å². The maximum atomic E-state index is 5.95. The van der Waals surface area contributed by atoms with Gasteiger partial charge in [0.1, 0.15) is 17.2 Å². The van der Waals surface area contributed by atoms with Crippen LogP contribution in [0, 0.1) is 0 Å². The van der Waals surface area contributed by atoms with E-state index in [4.69, 9.17) is 15.2 Å². The Balaban J connectivity index is 1.83. The third-order valence-corrected chi connectivity index (χ3v) is 2.93. The Bertz CT molecular complexity index is 712. The molecule has 0 fully saturated rings. The van der Waals surface area contributed by atoms with E-state index >= 15 is 0 Å². The van der Waals surface area contributed by atoms with Crippen molar-refractivity contribution in [3.63, 3.8) is 0 Å². The summed E-state index contributed by atoms with van der Waals surface area (Å²) in [6.45, 7) is 0. The van der Waals surface area contributed by atoms with Gasteiger partial charge in [-0.15, -0.1) is 0 Å². The smallest absolute Gasteiger partial charge is 0.154 e. The molecule has 0 spiro atoms. The molecule has 3 aromatic carbocycles. The normalized spacial score (nSPS) is 10.1. The van der Waals surface area contributed by atoms with Crippen molar-refractivity contribution in [2.45, 2.75) is 0 Å². The highest BCUT2D eigenvalue weighted by molar-refractivity contribution is 5.57. The molecule has 0 unspecified atom stereocenters. The molecule has 0 bridgehead atoms. The van der Waals surface area contributed by atoms with Crippen LogP contribution in [0.1, 0.15) is 0 Å². The number of benzene rings is 3. The minimum atomic E-state index is 0.569. The maximum absolute atomic E-state index is 5.95. The second-order valence-electron chi connectivity index (χ2n) is 4.53. The second kappa shape index (κ2) is 6.01. The number of ether oxygens (including phenoxy) is 2. The van der Waals surface area contributed by atoms with Crippen LogP contribution >= 0.6 is 0 Å². The number of para-hydroxylation sites is 2. The molecular formula is C18H15NO2. The second-order valence-corrected chi connectivity index (χ2v) is 4.53. The summed E-state index contributed by atoms with van der Waals surface area (Å²) in [5.74, 6) is 2.77. The number of hydrogen-bond donors (Lipinski definition) is 1. The van der Waals surface area contributed by atoms with Crippen LogP contribution in [0.5, 0.6) is 23.0 Å². The lowest BCUT2D eigenvalue weighted by molar-refractivity contribution is 0.462. The summed E-state index contributed by atoms with van der Waals surface area (Å²) in [6, 6.07) is 24.5.